The standard InChI is InChI=1S/C10H17NO4S/c1-16-6-4-7(10(13)14)11-9(12)8-3-2-5-15-8/h7-8H,2-6H2,1H3,(H,11,12)(H,13,14)/t7-,8+/m0/s1. The molecule has 0 spiro atoms. The van der Waals surface area contributed by atoms with Gasteiger partial charge in [-0.1, -0.05) is 0 Å². The molecular formula is C10H17NO4S. The van der Waals surface area contributed by atoms with E-state index in [1.807, 2.05) is 6.26 Å². The highest BCUT2D eigenvalue weighted by atomic mass is 32.2. The van der Waals surface area contributed by atoms with E-state index in [2.05, 4.69) is 5.32 Å². The zero-order valence-electron chi connectivity index (χ0n) is 9.27. The van der Waals surface area contributed by atoms with Gasteiger partial charge in [-0.3, -0.25) is 4.79 Å². The van der Waals surface area contributed by atoms with Crippen LogP contribution in [0.15, 0.2) is 0 Å². The Labute approximate surface area is 98.9 Å². The monoisotopic (exact) mass is 247 g/mol. The molecule has 0 bridgehead atoms. The number of hydrogen-bond acceptors (Lipinski definition) is 4. The number of carbonyl (C=O) groups is 2. The fourth-order valence-corrected chi connectivity index (χ4v) is 2.01. The molecule has 1 rings (SSSR count). The minimum absolute atomic E-state index is 0.300. The predicted octanol–water partition coefficient (Wildman–Crippen LogP) is 0.488. The summed E-state index contributed by atoms with van der Waals surface area (Å²) in [4.78, 5) is 22.5. The lowest BCUT2D eigenvalue weighted by atomic mass is 10.2. The molecule has 2 atom stereocenters. The van der Waals surface area contributed by atoms with Crippen LogP contribution < -0.4 is 5.32 Å². The summed E-state index contributed by atoms with van der Waals surface area (Å²) in [7, 11) is 0. The molecule has 0 unspecified atom stereocenters. The topological polar surface area (TPSA) is 75.6 Å². The van der Waals surface area contributed by atoms with E-state index >= 15 is 0 Å². The molecule has 92 valence electrons. The van der Waals surface area contributed by atoms with Crippen molar-refractivity contribution in [3.8, 4) is 0 Å². The number of rotatable bonds is 6. The second-order valence-electron chi connectivity index (χ2n) is 3.68. The number of thioether (sulfide) groups is 1. The van der Waals surface area contributed by atoms with Crippen molar-refractivity contribution in [2.75, 3.05) is 18.6 Å². The Morgan fingerprint density at radius 3 is 2.88 bits per heavy atom. The molecule has 5 nitrogen and oxygen atoms in total. The first-order chi connectivity index (χ1) is 7.65. The van der Waals surface area contributed by atoms with Crippen molar-refractivity contribution in [3.63, 3.8) is 0 Å². The Morgan fingerprint density at radius 1 is 1.62 bits per heavy atom. The van der Waals surface area contributed by atoms with Crippen molar-refractivity contribution in [1.29, 1.82) is 0 Å². The highest BCUT2D eigenvalue weighted by molar-refractivity contribution is 7.98. The average Bonchev–Trinajstić information content (AvgIpc) is 2.76. The molecule has 0 aromatic carbocycles. The van der Waals surface area contributed by atoms with Crippen LogP contribution >= 0.6 is 11.8 Å². The van der Waals surface area contributed by atoms with Gasteiger partial charge in [0, 0.05) is 6.61 Å². The van der Waals surface area contributed by atoms with Crippen LogP contribution in [0, 0.1) is 0 Å². The van der Waals surface area contributed by atoms with Gasteiger partial charge in [-0.05, 0) is 31.3 Å². The first kappa shape index (κ1) is 13.3. The highest BCUT2D eigenvalue weighted by Crippen LogP contribution is 2.12. The van der Waals surface area contributed by atoms with Gasteiger partial charge < -0.3 is 15.2 Å². The zero-order chi connectivity index (χ0) is 12.0. The minimum atomic E-state index is -0.986. The summed E-state index contributed by atoms with van der Waals surface area (Å²) < 4.78 is 5.19. The first-order valence-corrected chi connectivity index (χ1v) is 6.68. The summed E-state index contributed by atoms with van der Waals surface area (Å²) in [6, 6.07) is -0.802. The van der Waals surface area contributed by atoms with Crippen LogP contribution in [0.1, 0.15) is 19.3 Å². The Hall–Kier alpha value is -0.750. The third-order valence-corrected chi connectivity index (χ3v) is 3.09. The van der Waals surface area contributed by atoms with Gasteiger partial charge in [-0.25, -0.2) is 4.79 Å². The van der Waals surface area contributed by atoms with Crippen LogP contribution in [-0.2, 0) is 14.3 Å². The van der Waals surface area contributed by atoms with E-state index in [-0.39, 0.29) is 5.91 Å². The van der Waals surface area contributed by atoms with Crippen molar-refractivity contribution in [2.45, 2.75) is 31.4 Å². The number of hydrogen-bond donors (Lipinski definition) is 2. The number of ether oxygens (including phenoxy) is 1. The summed E-state index contributed by atoms with van der Waals surface area (Å²) in [6.07, 6.45) is 3.42. The minimum Gasteiger partial charge on any atom is -0.480 e. The lowest BCUT2D eigenvalue weighted by molar-refractivity contribution is -0.143. The fraction of sp³-hybridized carbons (Fsp3) is 0.800. The second-order valence-corrected chi connectivity index (χ2v) is 4.67. The Kier molecular flexibility index (Phi) is 5.62. The maximum Gasteiger partial charge on any atom is 0.326 e. The number of carboxylic acids is 1. The van der Waals surface area contributed by atoms with Crippen LogP contribution in [0.2, 0.25) is 0 Å². The fourth-order valence-electron chi connectivity index (χ4n) is 1.54. The molecule has 6 heteroatoms. The number of nitrogens with one attached hydrogen (secondary N) is 1. The summed E-state index contributed by atoms with van der Waals surface area (Å²) in [6.45, 7) is 0.584. The Balaban J connectivity index is 2.40. The molecular weight excluding hydrogens is 230 g/mol. The van der Waals surface area contributed by atoms with E-state index in [1.54, 1.807) is 11.8 Å². The Bertz CT molecular complexity index is 253. The van der Waals surface area contributed by atoms with E-state index < -0.39 is 18.1 Å². The lowest BCUT2D eigenvalue weighted by Crippen LogP contribution is -2.45. The van der Waals surface area contributed by atoms with Crippen LogP contribution in [0.3, 0.4) is 0 Å². The second kappa shape index (κ2) is 6.75. The van der Waals surface area contributed by atoms with Gasteiger partial charge in [-0.15, -0.1) is 0 Å². The van der Waals surface area contributed by atoms with Crippen LogP contribution in [0.5, 0.6) is 0 Å². The number of carboxylic acid groups (broad SMARTS) is 1. The maximum absolute atomic E-state index is 11.6. The molecule has 0 saturated carbocycles. The van der Waals surface area contributed by atoms with Gasteiger partial charge in [0.2, 0.25) is 5.91 Å². The molecule has 1 aliphatic rings. The smallest absolute Gasteiger partial charge is 0.326 e. The van der Waals surface area contributed by atoms with E-state index in [0.717, 1.165) is 6.42 Å². The molecule has 1 heterocycles. The van der Waals surface area contributed by atoms with Crippen molar-refractivity contribution >= 4 is 23.6 Å². The van der Waals surface area contributed by atoms with Gasteiger partial charge >= 0.3 is 5.97 Å². The lowest BCUT2D eigenvalue weighted by Gasteiger charge is -2.16. The molecule has 1 aliphatic heterocycles. The summed E-state index contributed by atoms with van der Waals surface area (Å²) in [5.41, 5.74) is 0. The molecule has 0 radical (unpaired) electrons. The SMILES string of the molecule is CSCC[C@H](NC(=O)[C@H]1CCCO1)C(=O)O. The molecule has 0 aromatic heterocycles. The third kappa shape index (κ3) is 4.02. The van der Waals surface area contributed by atoms with Gasteiger partial charge in [0.15, 0.2) is 0 Å². The molecule has 16 heavy (non-hydrogen) atoms. The predicted molar refractivity (Wildman–Crippen MR) is 61.5 cm³/mol. The average molecular weight is 247 g/mol. The molecule has 0 aromatic rings. The van der Waals surface area contributed by atoms with E-state index in [1.165, 1.54) is 0 Å². The maximum atomic E-state index is 11.6. The Morgan fingerprint density at radius 2 is 2.38 bits per heavy atom. The molecule has 1 amide bonds. The van der Waals surface area contributed by atoms with E-state index in [0.29, 0.717) is 25.2 Å². The summed E-state index contributed by atoms with van der Waals surface area (Å²) in [5, 5.41) is 11.4. The van der Waals surface area contributed by atoms with E-state index in [4.69, 9.17) is 9.84 Å². The number of carbonyl (C=O) groups excluding carboxylic acids is 1. The third-order valence-electron chi connectivity index (χ3n) is 2.45. The largest absolute Gasteiger partial charge is 0.480 e. The number of aliphatic carboxylic acids is 1. The van der Waals surface area contributed by atoms with Crippen molar-refractivity contribution < 1.29 is 19.4 Å². The van der Waals surface area contributed by atoms with Gasteiger partial charge in [0.1, 0.15) is 12.1 Å². The van der Waals surface area contributed by atoms with Gasteiger partial charge in [0.25, 0.3) is 0 Å². The van der Waals surface area contributed by atoms with E-state index in [9.17, 15) is 9.59 Å². The molecule has 1 fully saturated rings. The molecule has 0 aliphatic carbocycles. The van der Waals surface area contributed by atoms with Gasteiger partial charge in [0.05, 0.1) is 0 Å². The van der Waals surface area contributed by atoms with Crippen LogP contribution in [0.4, 0.5) is 0 Å². The number of amides is 1. The van der Waals surface area contributed by atoms with Crippen molar-refractivity contribution in [2.24, 2.45) is 0 Å². The highest BCUT2D eigenvalue weighted by Gasteiger charge is 2.27. The quantitative estimate of drug-likeness (QED) is 0.714. The van der Waals surface area contributed by atoms with Crippen molar-refractivity contribution in [3.05, 3.63) is 0 Å². The summed E-state index contributed by atoms with van der Waals surface area (Å²) in [5.74, 6) is -0.575. The van der Waals surface area contributed by atoms with Crippen LogP contribution in [-0.4, -0.2) is 47.7 Å². The summed E-state index contributed by atoms with van der Waals surface area (Å²) >= 11 is 1.56. The van der Waals surface area contributed by atoms with Gasteiger partial charge in [-0.2, -0.15) is 11.8 Å². The van der Waals surface area contributed by atoms with Crippen LogP contribution in [0.25, 0.3) is 0 Å². The molecule has 1 saturated heterocycles. The normalized spacial score (nSPS) is 21.7. The molecule has 2 N–H and O–H groups in total. The van der Waals surface area contributed by atoms with Crippen molar-refractivity contribution in [1.82, 2.24) is 5.32 Å². The first-order valence-electron chi connectivity index (χ1n) is 5.29. The zero-order valence-corrected chi connectivity index (χ0v) is 10.1.